The Labute approximate surface area is 236 Å². The van der Waals surface area contributed by atoms with E-state index in [9.17, 15) is 18.8 Å². The van der Waals surface area contributed by atoms with Gasteiger partial charge in [0.1, 0.15) is 17.3 Å². The number of carbonyl (C=O) groups is 3. The molecule has 39 heavy (non-hydrogen) atoms. The van der Waals surface area contributed by atoms with Gasteiger partial charge in [0.2, 0.25) is 5.91 Å². The smallest absolute Gasteiger partial charge is 0.272 e. The molecular formula is C28H22BrFN4O4S. The fraction of sp³-hybridized carbons (Fsp3) is 0.0714. The molecular weight excluding hydrogens is 587 g/mol. The summed E-state index contributed by atoms with van der Waals surface area (Å²) in [4.78, 5) is 38.8. The van der Waals surface area contributed by atoms with Gasteiger partial charge in [-0.2, -0.15) is 0 Å². The molecule has 11 heteroatoms. The van der Waals surface area contributed by atoms with Crippen molar-refractivity contribution in [2.75, 3.05) is 16.4 Å². The number of hydrogen-bond donors (Lipinski definition) is 3. The summed E-state index contributed by atoms with van der Waals surface area (Å²) >= 11 is 4.67. The van der Waals surface area contributed by atoms with Crippen molar-refractivity contribution in [2.24, 2.45) is 0 Å². The Hall–Kier alpha value is -4.22. The van der Waals surface area contributed by atoms with Crippen molar-refractivity contribution >= 4 is 63.0 Å². The van der Waals surface area contributed by atoms with Crippen LogP contribution in [0.5, 0.6) is 0 Å². The Morgan fingerprint density at radius 1 is 1.00 bits per heavy atom. The SMILES string of the molecule is Cc1cc(NC(=O)CSc2ccc(NC(=O)/C(=C/c3ccc(Br)cc3)NC(=O)c3ccccc3F)cc2)no1. The van der Waals surface area contributed by atoms with Crippen LogP contribution in [-0.4, -0.2) is 28.6 Å². The molecule has 0 aliphatic rings. The van der Waals surface area contributed by atoms with E-state index in [0.717, 1.165) is 9.37 Å². The predicted octanol–water partition coefficient (Wildman–Crippen LogP) is 6.03. The van der Waals surface area contributed by atoms with E-state index in [1.54, 1.807) is 61.5 Å². The number of carbonyl (C=O) groups excluding carboxylic acids is 3. The van der Waals surface area contributed by atoms with Crippen molar-refractivity contribution in [2.45, 2.75) is 11.8 Å². The molecule has 0 saturated carbocycles. The maximum absolute atomic E-state index is 14.2. The summed E-state index contributed by atoms with van der Waals surface area (Å²) in [6, 6.07) is 21.1. The van der Waals surface area contributed by atoms with Crippen LogP contribution in [0.25, 0.3) is 6.08 Å². The van der Waals surface area contributed by atoms with Gasteiger partial charge in [-0.1, -0.05) is 45.4 Å². The van der Waals surface area contributed by atoms with E-state index < -0.39 is 17.6 Å². The van der Waals surface area contributed by atoms with Crippen molar-refractivity contribution in [3.63, 3.8) is 0 Å². The number of thioether (sulfide) groups is 1. The molecule has 0 unspecified atom stereocenters. The molecule has 8 nitrogen and oxygen atoms in total. The number of aromatic nitrogens is 1. The van der Waals surface area contributed by atoms with Crippen LogP contribution in [0.4, 0.5) is 15.9 Å². The molecule has 4 rings (SSSR count). The monoisotopic (exact) mass is 608 g/mol. The third kappa shape index (κ3) is 8.13. The van der Waals surface area contributed by atoms with Crippen LogP contribution in [0, 0.1) is 12.7 Å². The standard InChI is InChI=1S/C28H22BrFN4O4S/c1-17-14-25(34-38-17)33-26(35)16-39-21-12-10-20(11-13-21)31-28(37)24(15-18-6-8-19(29)9-7-18)32-27(36)22-4-2-3-5-23(22)30/h2-15H,16H2,1H3,(H,31,37)(H,32,36)(H,33,34,35)/b24-15-. The van der Waals surface area contributed by atoms with Crippen LogP contribution in [0.15, 0.2) is 98.5 Å². The van der Waals surface area contributed by atoms with Gasteiger partial charge in [0.25, 0.3) is 11.8 Å². The van der Waals surface area contributed by atoms with E-state index in [4.69, 9.17) is 4.52 Å². The molecule has 4 aromatic rings. The predicted molar refractivity (Wildman–Crippen MR) is 152 cm³/mol. The van der Waals surface area contributed by atoms with Gasteiger partial charge in [-0.25, -0.2) is 4.39 Å². The minimum Gasteiger partial charge on any atom is -0.360 e. The van der Waals surface area contributed by atoms with Gasteiger partial charge < -0.3 is 20.5 Å². The largest absolute Gasteiger partial charge is 0.360 e. The van der Waals surface area contributed by atoms with Crippen LogP contribution in [-0.2, 0) is 9.59 Å². The summed E-state index contributed by atoms with van der Waals surface area (Å²) < 4.78 is 19.9. The van der Waals surface area contributed by atoms with Crippen LogP contribution < -0.4 is 16.0 Å². The molecule has 0 fully saturated rings. The zero-order valence-corrected chi connectivity index (χ0v) is 22.9. The molecule has 0 aliphatic heterocycles. The Morgan fingerprint density at radius 2 is 1.72 bits per heavy atom. The molecule has 1 heterocycles. The molecule has 0 bridgehead atoms. The number of halogens is 2. The summed E-state index contributed by atoms with van der Waals surface area (Å²) in [7, 11) is 0. The van der Waals surface area contributed by atoms with E-state index in [1.165, 1.54) is 42.1 Å². The van der Waals surface area contributed by atoms with E-state index >= 15 is 0 Å². The fourth-order valence-electron chi connectivity index (χ4n) is 3.31. The average Bonchev–Trinajstić information content (AvgIpc) is 3.33. The quantitative estimate of drug-likeness (QED) is 0.158. The zero-order chi connectivity index (χ0) is 27.8. The maximum atomic E-state index is 14.2. The van der Waals surface area contributed by atoms with Crippen molar-refractivity contribution in [1.82, 2.24) is 10.5 Å². The molecule has 198 valence electrons. The van der Waals surface area contributed by atoms with Crippen molar-refractivity contribution in [3.8, 4) is 0 Å². The summed E-state index contributed by atoms with van der Waals surface area (Å²) in [5, 5.41) is 11.6. The molecule has 0 aliphatic carbocycles. The summed E-state index contributed by atoms with van der Waals surface area (Å²) in [5.74, 6) is -1.18. The number of aryl methyl sites for hydroxylation is 1. The summed E-state index contributed by atoms with van der Waals surface area (Å²) in [6.07, 6.45) is 1.50. The van der Waals surface area contributed by atoms with Gasteiger partial charge in [0.15, 0.2) is 5.82 Å². The number of hydrogen-bond acceptors (Lipinski definition) is 6. The lowest BCUT2D eigenvalue weighted by atomic mass is 10.1. The first-order chi connectivity index (χ1) is 18.8. The van der Waals surface area contributed by atoms with Gasteiger partial charge in [0.05, 0.1) is 11.3 Å². The second kappa shape index (κ2) is 13.0. The molecule has 1 aromatic heterocycles. The highest BCUT2D eigenvalue weighted by Gasteiger charge is 2.17. The lowest BCUT2D eigenvalue weighted by molar-refractivity contribution is -0.114. The van der Waals surface area contributed by atoms with Gasteiger partial charge in [-0.05, 0) is 67.1 Å². The van der Waals surface area contributed by atoms with Crippen LogP contribution in [0.1, 0.15) is 21.7 Å². The highest BCUT2D eigenvalue weighted by Crippen LogP contribution is 2.21. The molecule has 0 radical (unpaired) electrons. The number of nitrogens with zero attached hydrogens (tertiary/aromatic N) is 1. The zero-order valence-electron chi connectivity index (χ0n) is 20.5. The Balaban J connectivity index is 1.42. The van der Waals surface area contributed by atoms with Gasteiger partial charge in [-0.3, -0.25) is 14.4 Å². The first-order valence-corrected chi connectivity index (χ1v) is 13.4. The second-order valence-corrected chi connectivity index (χ2v) is 10.1. The molecule has 3 N–H and O–H groups in total. The maximum Gasteiger partial charge on any atom is 0.272 e. The second-order valence-electron chi connectivity index (χ2n) is 8.18. The third-order valence-electron chi connectivity index (χ3n) is 5.17. The fourth-order valence-corrected chi connectivity index (χ4v) is 4.27. The van der Waals surface area contributed by atoms with Gasteiger partial charge in [0, 0.05) is 21.1 Å². The van der Waals surface area contributed by atoms with E-state index in [1.807, 2.05) is 0 Å². The number of rotatable bonds is 9. The van der Waals surface area contributed by atoms with Crippen molar-refractivity contribution < 1.29 is 23.3 Å². The van der Waals surface area contributed by atoms with Gasteiger partial charge in [-0.15, -0.1) is 11.8 Å². The Morgan fingerprint density at radius 3 is 2.38 bits per heavy atom. The number of nitrogens with one attached hydrogen (secondary N) is 3. The first kappa shape index (κ1) is 27.8. The Bertz CT molecular complexity index is 1520. The lowest BCUT2D eigenvalue weighted by Crippen LogP contribution is -2.31. The van der Waals surface area contributed by atoms with Crippen LogP contribution >= 0.6 is 27.7 Å². The highest BCUT2D eigenvalue weighted by atomic mass is 79.9. The first-order valence-electron chi connectivity index (χ1n) is 11.6. The van der Waals surface area contributed by atoms with Crippen molar-refractivity contribution in [1.29, 1.82) is 0 Å². The van der Waals surface area contributed by atoms with E-state index in [-0.39, 0.29) is 22.9 Å². The number of benzene rings is 3. The molecule has 3 aromatic carbocycles. The molecule has 0 atom stereocenters. The molecule has 0 spiro atoms. The minimum absolute atomic E-state index is 0.0659. The number of amides is 3. The average molecular weight is 609 g/mol. The topological polar surface area (TPSA) is 113 Å². The minimum atomic E-state index is -0.752. The van der Waals surface area contributed by atoms with E-state index in [2.05, 4.69) is 37.0 Å². The van der Waals surface area contributed by atoms with Crippen LogP contribution in [0.3, 0.4) is 0 Å². The summed E-state index contributed by atoms with van der Waals surface area (Å²) in [5.41, 5.74) is 0.872. The Kier molecular flexibility index (Phi) is 9.29. The normalized spacial score (nSPS) is 11.1. The van der Waals surface area contributed by atoms with Gasteiger partial charge >= 0.3 is 0 Å². The molecule has 3 amide bonds. The summed E-state index contributed by atoms with van der Waals surface area (Å²) in [6.45, 7) is 1.73. The third-order valence-corrected chi connectivity index (χ3v) is 6.71. The molecule has 0 saturated heterocycles. The number of anilines is 2. The van der Waals surface area contributed by atoms with Crippen molar-refractivity contribution in [3.05, 3.63) is 112 Å². The van der Waals surface area contributed by atoms with Crippen LogP contribution in [0.2, 0.25) is 0 Å². The highest BCUT2D eigenvalue weighted by molar-refractivity contribution is 9.10. The lowest BCUT2D eigenvalue weighted by Gasteiger charge is -2.12. The van der Waals surface area contributed by atoms with E-state index in [0.29, 0.717) is 22.8 Å².